The summed E-state index contributed by atoms with van der Waals surface area (Å²) >= 11 is 0. The smallest absolute Gasteiger partial charge is 0.0104 e. The highest BCUT2D eigenvalue weighted by atomic mass is 14.8. The van der Waals surface area contributed by atoms with Crippen LogP contribution in [0.3, 0.4) is 0 Å². The van der Waals surface area contributed by atoms with Crippen molar-refractivity contribution >= 4 is 0 Å². The van der Waals surface area contributed by atoms with Crippen molar-refractivity contribution in [2.24, 2.45) is 35.0 Å². The van der Waals surface area contributed by atoms with Crippen molar-refractivity contribution in [3.05, 3.63) is 11.6 Å². The van der Waals surface area contributed by atoms with Gasteiger partial charge in [-0.15, -0.1) is 0 Å². The predicted molar refractivity (Wildman–Crippen MR) is 64.5 cm³/mol. The van der Waals surface area contributed by atoms with Crippen LogP contribution in [0, 0.1) is 35.0 Å². The highest BCUT2D eigenvalue weighted by Crippen LogP contribution is 2.77. The molecule has 0 heteroatoms. The highest BCUT2D eigenvalue weighted by Gasteiger charge is 2.71. The van der Waals surface area contributed by atoms with E-state index in [4.69, 9.17) is 0 Å². The third-order valence-electron chi connectivity index (χ3n) is 5.89. The molecule has 0 bridgehead atoms. The van der Waals surface area contributed by atoms with Crippen molar-refractivity contribution in [1.29, 1.82) is 0 Å². The van der Waals surface area contributed by atoms with Crippen molar-refractivity contribution in [3.63, 3.8) is 0 Å². The monoisotopic (exact) mass is 204 g/mol. The Hall–Kier alpha value is -0.260. The van der Waals surface area contributed by atoms with E-state index in [0.29, 0.717) is 0 Å². The molecule has 0 saturated heterocycles. The van der Waals surface area contributed by atoms with E-state index in [1.807, 2.05) is 0 Å². The van der Waals surface area contributed by atoms with Gasteiger partial charge in [0.1, 0.15) is 0 Å². The molecule has 0 aromatic carbocycles. The fourth-order valence-electron chi connectivity index (χ4n) is 5.05. The minimum absolute atomic E-state index is 0.747. The molecule has 15 heavy (non-hydrogen) atoms. The standard InChI is InChI=1S/C15H24/c1-9(2)12-6-5-11(4)15-8-7-10(3)13(15)14(12)15/h7,9,11-14H,5-6,8H2,1-4H3/t11-,12+,13-,14-,15+/m0/s1. The van der Waals surface area contributed by atoms with E-state index in [0.717, 1.165) is 35.0 Å². The van der Waals surface area contributed by atoms with Crippen molar-refractivity contribution in [3.8, 4) is 0 Å². The summed E-state index contributed by atoms with van der Waals surface area (Å²) in [5.74, 6) is 4.96. The van der Waals surface area contributed by atoms with Gasteiger partial charge in [0.15, 0.2) is 0 Å². The topological polar surface area (TPSA) is 0 Å². The number of hydrogen-bond acceptors (Lipinski definition) is 0. The van der Waals surface area contributed by atoms with Gasteiger partial charge in [-0.25, -0.2) is 0 Å². The van der Waals surface area contributed by atoms with Crippen LogP contribution < -0.4 is 0 Å². The average molecular weight is 204 g/mol. The summed E-state index contributed by atoms with van der Waals surface area (Å²) in [5, 5.41) is 0. The number of allylic oxidation sites excluding steroid dienone is 2. The molecule has 0 N–H and O–H groups in total. The maximum atomic E-state index is 2.53. The van der Waals surface area contributed by atoms with Gasteiger partial charge in [-0.2, -0.15) is 0 Å². The lowest BCUT2D eigenvalue weighted by Crippen LogP contribution is -2.27. The van der Waals surface area contributed by atoms with Gasteiger partial charge < -0.3 is 0 Å². The third kappa shape index (κ3) is 1.04. The molecule has 3 aliphatic rings. The van der Waals surface area contributed by atoms with Crippen LogP contribution in [0.25, 0.3) is 0 Å². The summed E-state index contributed by atoms with van der Waals surface area (Å²) in [6.07, 6.45) is 6.91. The minimum atomic E-state index is 0.747. The second kappa shape index (κ2) is 2.90. The van der Waals surface area contributed by atoms with Gasteiger partial charge in [0.25, 0.3) is 0 Å². The molecule has 0 aromatic rings. The van der Waals surface area contributed by atoms with Crippen LogP contribution in [-0.2, 0) is 0 Å². The Morgan fingerprint density at radius 2 is 2.07 bits per heavy atom. The lowest BCUT2D eigenvalue weighted by Gasteiger charge is -2.35. The van der Waals surface area contributed by atoms with Gasteiger partial charge in [0, 0.05) is 0 Å². The van der Waals surface area contributed by atoms with E-state index in [1.54, 1.807) is 5.57 Å². The summed E-state index contributed by atoms with van der Waals surface area (Å²) in [6.45, 7) is 9.75. The fourth-order valence-corrected chi connectivity index (χ4v) is 5.05. The largest absolute Gasteiger partial charge is 0.0847 e. The third-order valence-corrected chi connectivity index (χ3v) is 5.89. The Morgan fingerprint density at radius 1 is 1.33 bits per heavy atom. The molecule has 0 unspecified atom stereocenters. The molecular weight excluding hydrogens is 180 g/mol. The SMILES string of the molecule is CC1=CC[C@@]23[C@@H]([C@@H](C(C)C)CC[C@@H]2C)[C@H]13. The average Bonchev–Trinajstić information content (AvgIpc) is 2.75. The Morgan fingerprint density at radius 3 is 2.73 bits per heavy atom. The molecule has 0 amide bonds. The Bertz CT molecular complexity index is 312. The first kappa shape index (κ1) is 9.93. The van der Waals surface area contributed by atoms with Crippen LogP contribution >= 0.6 is 0 Å². The summed E-state index contributed by atoms with van der Waals surface area (Å²) in [5.41, 5.74) is 2.47. The number of hydrogen-bond donors (Lipinski definition) is 0. The predicted octanol–water partition coefficient (Wildman–Crippen LogP) is 4.27. The molecule has 0 nitrogen and oxygen atoms in total. The first-order chi connectivity index (χ1) is 7.09. The zero-order chi connectivity index (χ0) is 10.8. The maximum absolute atomic E-state index is 2.53. The molecule has 0 radical (unpaired) electrons. The van der Waals surface area contributed by atoms with Crippen LogP contribution in [0.1, 0.15) is 47.0 Å². The van der Waals surface area contributed by atoms with Gasteiger partial charge in [0.05, 0.1) is 0 Å². The second-order valence-corrected chi connectivity index (χ2v) is 6.65. The molecule has 1 spiro atoms. The maximum Gasteiger partial charge on any atom is -0.0104 e. The zero-order valence-electron chi connectivity index (χ0n) is 10.6. The molecule has 3 aliphatic carbocycles. The van der Waals surface area contributed by atoms with Gasteiger partial charge >= 0.3 is 0 Å². The summed E-state index contributed by atoms with van der Waals surface area (Å²) in [7, 11) is 0. The van der Waals surface area contributed by atoms with E-state index >= 15 is 0 Å². The lowest BCUT2D eigenvalue weighted by atomic mass is 9.70. The Labute approximate surface area is 94.1 Å². The van der Waals surface area contributed by atoms with Gasteiger partial charge in [-0.3, -0.25) is 0 Å². The molecular formula is C15H24. The number of rotatable bonds is 1. The lowest BCUT2D eigenvalue weighted by molar-refractivity contribution is 0.149. The van der Waals surface area contributed by atoms with E-state index in [9.17, 15) is 0 Å². The van der Waals surface area contributed by atoms with Crippen molar-refractivity contribution in [2.75, 3.05) is 0 Å². The van der Waals surface area contributed by atoms with Crippen molar-refractivity contribution in [2.45, 2.75) is 47.0 Å². The van der Waals surface area contributed by atoms with Crippen LogP contribution in [0.2, 0.25) is 0 Å². The zero-order valence-corrected chi connectivity index (χ0v) is 10.6. The quantitative estimate of drug-likeness (QED) is 0.559. The van der Waals surface area contributed by atoms with E-state index < -0.39 is 0 Å². The normalized spacial score (nSPS) is 52.5. The first-order valence-electron chi connectivity index (χ1n) is 6.75. The molecule has 0 aromatic heterocycles. The van der Waals surface area contributed by atoms with E-state index in [1.165, 1.54) is 19.3 Å². The second-order valence-electron chi connectivity index (χ2n) is 6.65. The minimum Gasteiger partial charge on any atom is -0.0847 e. The molecule has 0 heterocycles. The van der Waals surface area contributed by atoms with Gasteiger partial charge in [-0.1, -0.05) is 32.4 Å². The van der Waals surface area contributed by atoms with Gasteiger partial charge in [0.2, 0.25) is 0 Å². The fraction of sp³-hybridized carbons (Fsp3) is 0.867. The number of fused-ring (bicyclic) bond motifs is 1. The first-order valence-corrected chi connectivity index (χ1v) is 6.75. The molecule has 84 valence electrons. The van der Waals surface area contributed by atoms with Crippen LogP contribution in [0.4, 0.5) is 0 Å². The van der Waals surface area contributed by atoms with E-state index in [2.05, 4.69) is 33.8 Å². The van der Waals surface area contributed by atoms with Crippen LogP contribution in [0.5, 0.6) is 0 Å². The molecule has 3 rings (SSSR count). The van der Waals surface area contributed by atoms with Crippen molar-refractivity contribution < 1.29 is 0 Å². The summed E-state index contributed by atoms with van der Waals surface area (Å²) < 4.78 is 0. The Kier molecular flexibility index (Phi) is 1.92. The molecule has 2 saturated carbocycles. The summed E-state index contributed by atoms with van der Waals surface area (Å²) in [6, 6.07) is 0. The molecule has 2 fully saturated rings. The van der Waals surface area contributed by atoms with Crippen LogP contribution in [-0.4, -0.2) is 0 Å². The van der Waals surface area contributed by atoms with E-state index in [-0.39, 0.29) is 0 Å². The van der Waals surface area contributed by atoms with Gasteiger partial charge in [-0.05, 0) is 61.2 Å². The molecule has 5 atom stereocenters. The van der Waals surface area contributed by atoms with Crippen molar-refractivity contribution in [1.82, 2.24) is 0 Å². The summed E-state index contributed by atoms with van der Waals surface area (Å²) in [4.78, 5) is 0. The highest BCUT2D eigenvalue weighted by molar-refractivity contribution is 5.35. The molecule has 0 aliphatic heterocycles. The Balaban J connectivity index is 1.91. The van der Waals surface area contributed by atoms with Crippen LogP contribution in [0.15, 0.2) is 11.6 Å².